The molecule has 2 aromatic heterocycles. The Balaban J connectivity index is 1.38. The summed E-state index contributed by atoms with van der Waals surface area (Å²) in [5.41, 5.74) is 0.343. The van der Waals surface area contributed by atoms with Gasteiger partial charge in [-0.25, -0.2) is 9.97 Å². The Hall–Kier alpha value is -2.60. The molecule has 9 nitrogen and oxygen atoms in total. The molecule has 0 bridgehead atoms. The third-order valence-electron chi connectivity index (χ3n) is 6.03. The van der Waals surface area contributed by atoms with Crippen LogP contribution in [0.1, 0.15) is 34.6 Å². The van der Waals surface area contributed by atoms with Gasteiger partial charge < -0.3 is 4.74 Å². The van der Waals surface area contributed by atoms with Crippen LogP contribution in [0.3, 0.4) is 0 Å². The van der Waals surface area contributed by atoms with Gasteiger partial charge in [0.2, 0.25) is 11.8 Å². The number of nitrogens with zero attached hydrogens (tertiary/aromatic N) is 4. The Bertz CT molecular complexity index is 1300. The van der Waals surface area contributed by atoms with Crippen LogP contribution in [0.2, 0.25) is 0 Å². The molecule has 2 fully saturated rings. The number of thioether (sulfide) groups is 1. The van der Waals surface area contributed by atoms with E-state index in [-0.39, 0.29) is 17.9 Å². The summed E-state index contributed by atoms with van der Waals surface area (Å²) >= 11 is 3.23. The van der Waals surface area contributed by atoms with Crippen LogP contribution in [0, 0.1) is 6.92 Å². The van der Waals surface area contributed by atoms with Gasteiger partial charge in [0.05, 0.1) is 29.9 Å². The maximum atomic E-state index is 13.5. The summed E-state index contributed by atoms with van der Waals surface area (Å²) in [6.45, 7) is 6.00. The molecule has 3 aromatic rings. The number of hydrogen-bond acceptors (Lipinski definition) is 9. The number of nitrogens with one attached hydrogen (secondary N) is 1. The summed E-state index contributed by atoms with van der Waals surface area (Å²) in [6.07, 6.45) is 2.42. The molecule has 2 aliphatic rings. The maximum Gasteiger partial charge on any atom is 0.263 e. The molecular weight excluding hydrogens is 474 g/mol. The van der Waals surface area contributed by atoms with E-state index >= 15 is 0 Å². The van der Waals surface area contributed by atoms with Crippen LogP contribution in [0.5, 0.6) is 0 Å². The van der Waals surface area contributed by atoms with Gasteiger partial charge in [0.15, 0.2) is 0 Å². The highest BCUT2D eigenvalue weighted by molar-refractivity contribution is 7.98. The fourth-order valence-electron chi connectivity index (χ4n) is 4.35. The fraction of sp³-hybridized carbons (Fsp3) is 0.435. The second-order valence-electron chi connectivity index (χ2n) is 8.35. The van der Waals surface area contributed by atoms with Gasteiger partial charge in [-0.05, 0) is 25.5 Å². The smallest absolute Gasteiger partial charge is 0.263 e. The van der Waals surface area contributed by atoms with Gasteiger partial charge >= 0.3 is 0 Å². The molecule has 0 spiro atoms. The number of hydrogen-bond donors (Lipinski definition) is 1. The second-order valence-corrected chi connectivity index (χ2v) is 10.6. The average Bonchev–Trinajstić information content (AvgIpc) is 3.26. The molecule has 1 N–H and O–H groups in total. The highest BCUT2D eigenvalue weighted by Crippen LogP contribution is 2.30. The number of ether oxygens (including phenoxy) is 1. The fourth-order valence-corrected chi connectivity index (χ4v) is 6.38. The van der Waals surface area contributed by atoms with Gasteiger partial charge in [-0.15, -0.1) is 23.1 Å². The Kier molecular flexibility index (Phi) is 6.77. The molecule has 2 aliphatic heterocycles. The van der Waals surface area contributed by atoms with E-state index in [1.165, 1.54) is 9.44 Å². The molecule has 4 heterocycles. The monoisotopic (exact) mass is 499 g/mol. The summed E-state index contributed by atoms with van der Waals surface area (Å²) in [6, 6.07) is 4.87. The predicted octanol–water partition coefficient (Wildman–Crippen LogP) is 2.26. The number of piperidine rings is 1. The molecular formula is C23H25N5O4S2. The van der Waals surface area contributed by atoms with Crippen molar-refractivity contribution >= 4 is 45.8 Å². The lowest BCUT2D eigenvalue weighted by Gasteiger charge is -2.25. The van der Waals surface area contributed by atoms with E-state index in [0.717, 1.165) is 42.8 Å². The van der Waals surface area contributed by atoms with E-state index < -0.39 is 11.9 Å². The number of amides is 2. The summed E-state index contributed by atoms with van der Waals surface area (Å²) in [4.78, 5) is 51.1. The van der Waals surface area contributed by atoms with Crippen molar-refractivity contribution in [2.24, 2.45) is 0 Å². The SMILES string of the molecule is Cc1nc2cccc(SCc3ncc(CN4CCOCC4)s3)c2c(=O)n1C1CCC(=O)NC1=O. The first-order chi connectivity index (χ1) is 16.5. The highest BCUT2D eigenvalue weighted by atomic mass is 32.2. The number of fused-ring (bicyclic) bond motifs is 1. The van der Waals surface area contributed by atoms with Gasteiger partial charge in [-0.2, -0.15) is 0 Å². The van der Waals surface area contributed by atoms with Crippen molar-refractivity contribution in [3.8, 4) is 0 Å². The first-order valence-corrected chi connectivity index (χ1v) is 13.0. The third kappa shape index (κ3) is 4.78. The molecule has 2 amide bonds. The van der Waals surface area contributed by atoms with Gasteiger partial charge in [0.25, 0.3) is 5.56 Å². The van der Waals surface area contributed by atoms with Gasteiger partial charge in [0.1, 0.15) is 16.9 Å². The number of aryl methyl sites for hydroxylation is 1. The van der Waals surface area contributed by atoms with E-state index in [4.69, 9.17) is 4.74 Å². The first kappa shape index (κ1) is 23.2. The number of carbonyl (C=O) groups excluding carboxylic acids is 2. The van der Waals surface area contributed by atoms with Crippen molar-refractivity contribution in [1.29, 1.82) is 0 Å². The molecule has 1 atom stereocenters. The van der Waals surface area contributed by atoms with Crippen LogP contribution in [0.25, 0.3) is 10.9 Å². The minimum absolute atomic E-state index is 0.202. The van der Waals surface area contributed by atoms with E-state index in [2.05, 4.69) is 20.2 Å². The van der Waals surface area contributed by atoms with E-state index in [9.17, 15) is 14.4 Å². The molecule has 1 aromatic carbocycles. The first-order valence-electron chi connectivity index (χ1n) is 11.2. The standard InChI is InChI=1S/C23H25N5O4S2/c1-14-25-16-3-2-4-18(21(16)23(31)28(14)17-5-6-19(29)26-22(17)30)33-13-20-24-11-15(34-20)12-27-7-9-32-10-8-27/h2-4,11,17H,5-10,12-13H2,1H3,(H,26,29,30). The largest absolute Gasteiger partial charge is 0.379 e. The van der Waals surface area contributed by atoms with Crippen molar-refractivity contribution in [1.82, 2.24) is 24.8 Å². The lowest BCUT2D eigenvalue weighted by atomic mass is 10.1. The molecule has 11 heteroatoms. The van der Waals surface area contributed by atoms with Crippen molar-refractivity contribution in [3.05, 3.63) is 50.5 Å². The van der Waals surface area contributed by atoms with Crippen molar-refractivity contribution in [3.63, 3.8) is 0 Å². The maximum absolute atomic E-state index is 13.5. The number of carbonyl (C=O) groups is 2. The zero-order valence-corrected chi connectivity index (χ0v) is 20.4. The van der Waals surface area contributed by atoms with Crippen molar-refractivity contribution < 1.29 is 14.3 Å². The molecule has 178 valence electrons. The van der Waals surface area contributed by atoms with Crippen LogP contribution in [-0.4, -0.2) is 57.6 Å². The highest BCUT2D eigenvalue weighted by Gasteiger charge is 2.30. The van der Waals surface area contributed by atoms with Crippen LogP contribution in [0.4, 0.5) is 0 Å². The molecule has 0 radical (unpaired) electrons. The molecule has 0 aliphatic carbocycles. The molecule has 0 saturated carbocycles. The normalized spacial score (nSPS) is 19.5. The molecule has 34 heavy (non-hydrogen) atoms. The second kappa shape index (κ2) is 9.95. The Labute approximate surface area is 204 Å². The molecule has 5 rings (SSSR count). The predicted molar refractivity (Wildman–Crippen MR) is 130 cm³/mol. The summed E-state index contributed by atoms with van der Waals surface area (Å²) in [7, 11) is 0. The topological polar surface area (TPSA) is 106 Å². The van der Waals surface area contributed by atoms with Crippen molar-refractivity contribution in [2.45, 2.75) is 43.0 Å². The van der Waals surface area contributed by atoms with Crippen molar-refractivity contribution in [2.75, 3.05) is 26.3 Å². The lowest BCUT2D eigenvalue weighted by molar-refractivity contribution is -0.135. The molecule has 2 saturated heterocycles. The number of thiazole rings is 1. The summed E-state index contributed by atoms with van der Waals surface area (Å²) < 4.78 is 6.84. The summed E-state index contributed by atoms with van der Waals surface area (Å²) in [5.74, 6) is 0.331. The number of imide groups is 1. The number of morpholine rings is 1. The number of rotatable bonds is 6. The summed E-state index contributed by atoms with van der Waals surface area (Å²) in [5, 5.41) is 3.82. The van der Waals surface area contributed by atoms with E-state index in [0.29, 0.717) is 28.9 Å². The zero-order valence-electron chi connectivity index (χ0n) is 18.8. The molecule has 1 unspecified atom stereocenters. The Morgan fingerprint density at radius 1 is 1.24 bits per heavy atom. The Morgan fingerprint density at radius 2 is 2.06 bits per heavy atom. The van der Waals surface area contributed by atoms with E-state index in [1.807, 2.05) is 24.4 Å². The zero-order chi connectivity index (χ0) is 23.7. The van der Waals surface area contributed by atoms with Gasteiger partial charge in [0, 0.05) is 42.0 Å². The van der Waals surface area contributed by atoms with Gasteiger partial charge in [-0.3, -0.25) is 29.2 Å². The van der Waals surface area contributed by atoms with Crippen LogP contribution in [0.15, 0.2) is 34.1 Å². The lowest BCUT2D eigenvalue weighted by Crippen LogP contribution is -2.45. The number of aromatic nitrogens is 3. The minimum Gasteiger partial charge on any atom is -0.379 e. The number of benzene rings is 1. The third-order valence-corrected chi connectivity index (χ3v) is 8.26. The Morgan fingerprint density at radius 3 is 2.85 bits per heavy atom. The van der Waals surface area contributed by atoms with Gasteiger partial charge in [-0.1, -0.05) is 6.07 Å². The quantitative estimate of drug-likeness (QED) is 0.407. The van der Waals surface area contributed by atoms with Crippen LogP contribution >= 0.6 is 23.1 Å². The average molecular weight is 500 g/mol. The van der Waals surface area contributed by atoms with Crippen LogP contribution in [-0.2, 0) is 26.6 Å². The van der Waals surface area contributed by atoms with E-state index in [1.54, 1.807) is 30.0 Å². The minimum atomic E-state index is -0.734. The van der Waals surface area contributed by atoms with Crippen LogP contribution < -0.4 is 10.9 Å².